The number of aryl methyl sites for hydroxylation is 1. The fourth-order valence-electron chi connectivity index (χ4n) is 5.24. The molecule has 2 aliphatic rings. The summed E-state index contributed by atoms with van der Waals surface area (Å²) in [6.07, 6.45) is 1.11. The molecule has 2 aliphatic heterocycles. The summed E-state index contributed by atoms with van der Waals surface area (Å²) in [6.45, 7) is 4.20. The molecule has 10 heteroatoms. The number of anilines is 1. The van der Waals surface area contributed by atoms with Crippen LogP contribution < -0.4 is 9.64 Å². The molecule has 0 aliphatic carbocycles. The summed E-state index contributed by atoms with van der Waals surface area (Å²) in [5, 5.41) is 23.0. The van der Waals surface area contributed by atoms with Gasteiger partial charge < -0.3 is 29.5 Å². The Labute approximate surface area is 222 Å². The van der Waals surface area contributed by atoms with Crippen LogP contribution in [-0.4, -0.2) is 103 Å². The van der Waals surface area contributed by atoms with Crippen molar-refractivity contribution in [2.24, 2.45) is 0 Å². The Hall–Kier alpha value is -2.79. The highest BCUT2D eigenvalue weighted by molar-refractivity contribution is 5.77. The van der Waals surface area contributed by atoms with Crippen LogP contribution in [0.15, 0.2) is 42.5 Å². The van der Waals surface area contributed by atoms with Crippen molar-refractivity contribution in [2.75, 3.05) is 71.0 Å². The van der Waals surface area contributed by atoms with Crippen molar-refractivity contribution < 1.29 is 33.3 Å². The summed E-state index contributed by atoms with van der Waals surface area (Å²) in [5.41, 5.74) is -0.178. The molecule has 0 aromatic heterocycles. The van der Waals surface area contributed by atoms with Crippen molar-refractivity contribution in [3.63, 3.8) is 0 Å². The maximum atomic E-state index is 13.6. The standard InChI is InChI=1S/C28H37F2N3O5/c1-21-3-5-24(6-4-21)32-9-7-27(35,8-10-32)17-31-11-12-33(26(34)16-37-2)19-28(36,18-31)20-38-25-14-22(29)13-23(30)15-25/h3-6,13-15,35-36H,7-12,16-20H2,1-2H3/t28-/m1/s1. The van der Waals surface area contributed by atoms with Crippen molar-refractivity contribution in [3.05, 3.63) is 59.7 Å². The maximum Gasteiger partial charge on any atom is 0.248 e. The number of carbonyl (C=O) groups is 1. The molecule has 208 valence electrons. The van der Waals surface area contributed by atoms with Gasteiger partial charge in [-0.05, 0) is 31.9 Å². The van der Waals surface area contributed by atoms with Crippen LogP contribution in [0.2, 0.25) is 0 Å². The number of hydrogen-bond donors (Lipinski definition) is 2. The van der Waals surface area contributed by atoms with Crippen LogP contribution in [0, 0.1) is 18.6 Å². The van der Waals surface area contributed by atoms with Crippen molar-refractivity contribution in [1.82, 2.24) is 9.80 Å². The molecule has 4 rings (SSSR count). The largest absolute Gasteiger partial charge is 0.490 e. The first-order chi connectivity index (χ1) is 18.1. The number of nitrogens with zero attached hydrogens (tertiary/aromatic N) is 3. The van der Waals surface area contributed by atoms with Crippen molar-refractivity contribution in [3.8, 4) is 5.75 Å². The smallest absolute Gasteiger partial charge is 0.248 e. The average Bonchev–Trinajstić information content (AvgIpc) is 3.02. The summed E-state index contributed by atoms with van der Waals surface area (Å²) in [5.74, 6) is -1.91. The fraction of sp³-hybridized carbons (Fsp3) is 0.536. The van der Waals surface area contributed by atoms with E-state index in [0.717, 1.165) is 23.9 Å². The van der Waals surface area contributed by atoms with Gasteiger partial charge in [0, 0.05) is 70.3 Å². The molecule has 0 radical (unpaired) electrons. The van der Waals surface area contributed by atoms with E-state index in [9.17, 15) is 23.8 Å². The van der Waals surface area contributed by atoms with E-state index in [2.05, 4.69) is 29.2 Å². The topological polar surface area (TPSA) is 85.7 Å². The normalized spacial score (nSPS) is 22.3. The van der Waals surface area contributed by atoms with Gasteiger partial charge in [0.05, 0.1) is 12.1 Å². The monoisotopic (exact) mass is 533 g/mol. The number of halogens is 2. The second kappa shape index (κ2) is 11.9. The van der Waals surface area contributed by atoms with Crippen LogP contribution in [0.5, 0.6) is 5.75 Å². The van der Waals surface area contributed by atoms with Crippen molar-refractivity contribution in [2.45, 2.75) is 31.0 Å². The van der Waals surface area contributed by atoms with Gasteiger partial charge >= 0.3 is 0 Å². The van der Waals surface area contributed by atoms with Gasteiger partial charge in [0.1, 0.15) is 36.2 Å². The second-order valence-electron chi connectivity index (χ2n) is 10.6. The molecule has 2 fully saturated rings. The predicted molar refractivity (Wildman–Crippen MR) is 139 cm³/mol. The van der Waals surface area contributed by atoms with E-state index in [4.69, 9.17) is 9.47 Å². The maximum absolute atomic E-state index is 13.6. The molecule has 0 unspecified atom stereocenters. The van der Waals surface area contributed by atoms with E-state index < -0.39 is 22.8 Å². The molecular formula is C28H37F2N3O5. The molecule has 8 nitrogen and oxygen atoms in total. The average molecular weight is 534 g/mol. The number of amides is 1. The number of ether oxygens (including phenoxy) is 2. The minimum absolute atomic E-state index is 0.0386. The summed E-state index contributed by atoms with van der Waals surface area (Å²) in [6, 6.07) is 11.1. The van der Waals surface area contributed by atoms with Gasteiger partial charge in [0.15, 0.2) is 0 Å². The highest BCUT2D eigenvalue weighted by atomic mass is 19.1. The second-order valence-corrected chi connectivity index (χ2v) is 10.6. The summed E-state index contributed by atoms with van der Waals surface area (Å²) >= 11 is 0. The molecule has 2 aromatic carbocycles. The lowest BCUT2D eigenvalue weighted by molar-refractivity contribution is -0.138. The van der Waals surface area contributed by atoms with Crippen LogP contribution in [0.3, 0.4) is 0 Å². The number of carbonyl (C=O) groups excluding carboxylic acids is 1. The Balaban J connectivity index is 1.43. The van der Waals surface area contributed by atoms with Gasteiger partial charge in [-0.3, -0.25) is 9.69 Å². The van der Waals surface area contributed by atoms with Crippen LogP contribution in [0.25, 0.3) is 0 Å². The molecular weight excluding hydrogens is 496 g/mol. The van der Waals surface area contributed by atoms with Gasteiger partial charge in [-0.25, -0.2) is 8.78 Å². The molecule has 1 amide bonds. The van der Waals surface area contributed by atoms with E-state index in [1.165, 1.54) is 17.6 Å². The number of β-amino-alcohol motifs (C(OH)–C–C–N with tert-alkyl or cyclic N) is 2. The van der Waals surface area contributed by atoms with Gasteiger partial charge in [-0.2, -0.15) is 0 Å². The number of methoxy groups -OCH3 is 1. The predicted octanol–water partition coefficient (Wildman–Crippen LogP) is 2.21. The number of benzene rings is 2. The number of rotatable bonds is 8. The Morgan fingerprint density at radius 2 is 1.61 bits per heavy atom. The third kappa shape index (κ3) is 7.41. The van der Waals surface area contributed by atoms with Gasteiger partial charge in [-0.15, -0.1) is 0 Å². The molecule has 0 spiro atoms. The number of aliphatic hydroxyl groups is 2. The molecule has 38 heavy (non-hydrogen) atoms. The van der Waals surface area contributed by atoms with Crippen LogP contribution in [-0.2, 0) is 9.53 Å². The molecule has 2 aromatic rings. The van der Waals surface area contributed by atoms with E-state index in [1.54, 1.807) is 0 Å². The highest BCUT2D eigenvalue weighted by Crippen LogP contribution is 2.29. The van der Waals surface area contributed by atoms with Gasteiger partial charge in [-0.1, -0.05) is 17.7 Å². The first kappa shape index (κ1) is 28.2. The first-order valence-electron chi connectivity index (χ1n) is 12.9. The summed E-state index contributed by atoms with van der Waals surface area (Å²) < 4.78 is 37.9. The lowest BCUT2D eigenvalue weighted by Gasteiger charge is -2.42. The van der Waals surface area contributed by atoms with E-state index in [-0.39, 0.29) is 38.0 Å². The molecule has 0 bridgehead atoms. The molecule has 2 heterocycles. The first-order valence-corrected chi connectivity index (χ1v) is 12.9. The minimum Gasteiger partial charge on any atom is -0.490 e. The lowest BCUT2D eigenvalue weighted by atomic mass is 9.90. The SMILES string of the molecule is COCC(=O)N1CCN(CC2(O)CCN(c3ccc(C)cc3)CC2)C[C@](O)(COc2cc(F)cc(F)c2)C1. The van der Waals surface area contributed by atoms with Crippen LogP contribution in [0.4, 0.5) is 14.5 Å². The van der Waals surface area contributed by atoms with Crippen molar-refractivity contribution >= 4 is 11.6 Å². The number of hydrogen-bond acceptors (Lipinski definition) is 7. The lowest BCUT2D eigenvalue weighted by Crippen LogP contribution is -2.56. The molecule has 2 N–H and O–H groups in total. The zero-order valence-corrected chi connectivity index (χ0v) is 22.0. The van der Waals surface area contributed by atoms with Crippen LogP contribution >= 0.6 is 0 Å². The third-order valence-electron chi connectivity index (χ3n) is 7.26. The van der Waals surface area contributed by atoms with Gasteiger partial charge in [0.2, 0.25) is 5.91 Å². The van der Waals surface area contributed by atoms with E-state index in [1.807, 2.05) is 11.8 Å². The Bertz CT molecular complexity index is 1070. The van der Waals surface area contributed by atoms with Crippen molar-refractivity contribution in [1.29, 1.82) is 0 Å². The summed E-state index contributed by atoms with van der Waals surface area (Å²) in [7, 11) is 1.42. The Morgan fingerprint density at radius 3 is 2.24 bits per heavy atom. The summed E-state index contributed by atoms with van der Waals surface area (Å²) in [4.78, 5) is 18.3. The zero-order chi connectivity index (χ0) is 27.3. The molecule has 2 saturated heterocycles. The highest BCUT2D eigenvalue weighted by Gasteiger charge is 2.41. The third-order valence-corrected chi connectivity index (χ3v) is 7.26. The Kier molecular flexibility index (Phi) is 8.87. The van der Waals surface area contributed by atoms with E-state index >= 15 is 0 Å². The van der Waals surface area contributed by atoms with Gasteiger partial charge in [0.25, 0.3) is 0 Å². The molecule has 1 atom stereocenters. The quantitative estimate of drug-likeness (QED) is 0.538. The van der Waals surface area contributed by atoms with Crippen LogP contribution in [0.1, 0.15) is 18.4 Å². The zero-order valence-electron chi connectivity index (χ0n) is 22.0. The Morgan fingerprint density at radius 1 is 0.947 bits per heavy atom. The van der Waals surface area contributed by atoms with E-state index in [0.29, 0.717) is 45.6 Å². The molecule has 0 saturated carbocycles. The number of piperidine rings is 1. The fourth-order valence-corrected chi connectivity index (χ4v) is 5.24. The minimum atomic E-state index is -1.54.